The molecule has 0 spiro atoms. The van der Waals surface area contributed by atoms with Crippen LogP contribution in [-0.4, -0.2) is 34.7 Å². The molecule has 2 amide bonds. The summed E-state index contributed by atoms with van der Waals surface area (Å²) in [5.41, 5.74) is 2.83. The van der Waals surface area contributed by atoms with E-state index < -0.39 is 0 Å². The van der Waals surface area contributed by atoms with Gasteiger partial charge in [-0.2, -0.15) is 0 Å². The molecule has 0 saturated carbocycles. The third-order valence-electron chi connectivity index (χ3n) is 6.63. The monoisotopic (exact) mass is 578 g/mol. The van der Waals surface area contributed by atoms with Crippen molar-refractivity contribution in [1.82, 2.24) is 9.80 Å². The number of rotatable bonds is 10. The molecule has 0 saturated heterocycles. The van der Waals surface area contributed by atoms with Crippen LogP contribution < -0.4 is 5.43 Å². The first-order chi connectivity index (χ1) is 19.1. The summed E-state index contributed by atoms with van der Waals surface area (Å²) in [7, 11) is 0. The van der Waals surface area contributed by atoms with Gasteiger partial charge < -0.3 is 14.2 Å². The number of nitrogens with zero attached hydrogens (tertiary/aromatic N) is 2. The van der Waals surface area contributed by atoms with Crippen molar-refractivity contribution in [2.45, 2.75) is 40.3 Å². The van der Waals surface area contributed by atoms with Gasteiger partial charge >= 0.3 is 0 Å². The molecule has 0 atom stereocenters. The van der Waals surface area contributed by atoms with Gasteiger partial charge in [0.05, 0.1) is 23.8 Å². The van der Waals surface area contributed by atoms with Gasteiger partial charge in [-0.1, -0.05) is 79.0 Å². The van der Waals surface area contributed by atoms with Crippen molar-refractivity contribution in [3.63, 3.8) is 0 Å². The van der Waals surface area contributed by atoms with Gasteiger partial charge in [0, 0.05) is 28.7 Å². The fraction of sp³-hybridized carbons (Fsp3) is 0.281. The maximum Gasteiger partial charge on any atom is 0.254 e. The van der Waals surface area contributed by atoms with E-state index >= 15 is 0 Å². The number of carbonyl (C=O) groups is 2. The van der Waals surface area contributed by atoms with Crippen LogP contribution in [0, 0.1) is 12.8 Å². The number of fused-ring (bicyclic) bond motifs is 1. The summed E-state index contributed by atoms with van der Waals surface area (Å²) >= 11 is 12.3. The van der Waals surface area contributed by atoms with Gasteiger partial charge in [0.15, 0.2) is 5.43 Å². The summed E-state index contributed by atoms with van der Waals surface area (Å²) in [5, 5.41) is 1.15. The van der Waals surface area contributed by atoms with E-state index in [0.29, 0.717) is 51.0 Å². The quantitative estimate of drug-likeness (QED) is 0.201. The SMILES string of the molecule is Cc1ccc2occ(CN(Cc3ccccc3)C(=O)CN(CCC(C)C)C(=O)c3cc(Cl)cc(Cl)c3)c(=O)c2c1. The first-order valence-electron chi connectivity index (χ1n) is 13.2. The lowest BCUT2D eigenvalue weighted by Crippen LogP contribution is -2.43. The average molecular weight is 580 g/mol. The van der Waals surface area contributed by atoms with Gasteiger partial charge in [0.25, 0.3) is 5.91 Å². The Morgan fingerprint density at radius 3 is 2.27 bits per heavy atom. The van der Waals surface area contributed by atoms with Gasteiger partial charge in [-0.3, -0.25) is 14.4 Å². The van der Waals surface area contributed by atoms with E-state index in [4.69, 9.17) is 27.6 Å². The molecule has 0 aliphatic heterocycles. The van der Waals surface area contributed by atoms with Crippen molar-refractivity contribution in [3.05, 3.63) is 116 Å². The van der Waals surface area contributed by atoms with Crippen LogP contribution in [0.3, 0.4) is 0 Å². The van der Waals surface area contributed by atoms with Crippen LogP contribution in [0.2, 0.25) is 10.0 Å². The smallest absolute Gasteiger partial charge is 0.254 e. The first-order valence-corrected chi connectivity index (χ1v) is 13.9. The molecular weight excluding hydrogens is 547 g/mol. The van der Waals surface area contributed by atoms with Crippen LogP contribution in [0.1, 0.15) is 47.3 Å². The Morgan fingerprint density at radius 1 is 0.900 bits per heavy atom. The molecule has 4 rings (SSSR count). The zero-order valence-corrected chi connectivity index (χ0v) is 24.3. The second-order valence-electron chi connectivity index (χ2n) is 10.4. The maximum atomic E-state index is 13.9. The lowest BCUT2D eigenvalue weighted by atomic mass is 10.1. The Kier molecular flexibility index (Phi) is 9.67. The highest BCUT2D eigenvalue weighted by atomic mass is 35.5. The van der Waals surface area contributed by atoms with E-state index in [1.165, 1.54) is 11.2 Å². The Labute approximate surface area is 244 Å². The third-order valence-corrected chi connectivity index (χ3v) is 7.07. The van der Waals surface area contributed by atoms with Gasteiger partial charge in [0.2, 0.25) is 5.91 Å². The minimum Gasteiger partial charge on any atom is -0.464 e. The van der Waals surface area contributed by atoms with E-state index in [1.807, 2.05) is 43.3 Å². The zero-order valence-electron chi connectivity index (χ0n) is 22.8. The van der Waals surface area contributed by atoms with E-state index in [1.54, 1.807) is 35.2 Å². The van der Waals surface area contributed by atoms with E-state index in [-0.39, 0.29) is 36.9 Å². The molecule has 8 heteroatoms. The fourth-order valence-electron chi connectivity index (χ4n) is 4.43. The van der Waals surface area contributed by atoms with Crippen molar-refractivity contribution in [2.24, 2.45) is 5.92 Å². The van der Waals surface area contributed by atoms with Crippen LogP contribution in [0.15, 0.2) is 82.2 Å². The standard InChI is InChI=1S/C32H32Cl2N2O4/c1-21(2)11-12-35(32(39)24-14-26(33)16-27(34)15-24)19-30(37)36(17-23-7-5-4-6-8-23)18-25-20-40-29-10-9-22(3)13-28(29)31(25)38/h4-10,13-16,20-21H,11-12,17-19H2,1-3H3. The number of benzene rings is 3. The van der Waals surface area contributed by atoms with E-state index in [2.05, 4.69) is 13.8 Å². The molecule has 4 aromatic rings. The van der Waals surface area contributed by atoms with E-state index in [0.717, 1.165) is 11.1 Å². The summed E-state index contributed by atoms with van der Waals surface area (Å²) in [6.45, 7) is 6.54. The molecule has 1 aromatic heterocycles. The lowest BCUT2D eigenvalue weighted by molar-refractivity contribution is -0.133. The van der Waals surface area contributed by atoms with Gasteiger partial charge in [-0.05, 0) is 55.2 Å². The van der Waals surface area contributed by atoms with Crippen molar-refractivity contribution in [1.29, 1.82) is 0 Å². The molecule has 6 nitrogen and oxygen atoms in total. The zero-order chi connectivity index (χ0) is 28.8. The van der Waals surface area contributed by atoms with Crippen LogP contribution in [-0.2, 0) is 17.9 Å². The Bertz CT molecular complexity index is 1550. The number of carbonyl (C=O) groups excluding carboxylic acids is 2. The summed E-state index contributed by atoms with van der Waals surface area (Å²) in [5.74, 6) is -0.309. The minimum atomic E-state index is -0.334. The number of hydrogen-bond acceptors (Lipinski definition) is 4. The largest absolute Gasteiger partial charge is 0.464 e. The van der Waals surface area contributed by atoms with Crippen LogP contribution >= 0.6 is 23.2 Å². The second kappa shape index (κ2) is 13.2. The number of aryl methyl sites for hydroxylation is 1. The molecule has 1 heterocycles. The predicted octanol–water partition coefficient (Wildman–Crippen LogP) is 7.13. The highest BCUT2D eigenvalue weighted by Gasteiger charge is 2.24. The minimum absolute atomic E-state index is 0.0369. The van der Waals surface area contributed by atoms with Crippen molar-refractivity contribution >= 4 is 46.0 Å². The predicted molar refractivity (Wildman–Crippen MR) is 160 cm³/mol. The number of halogens is 2. The molecular formula is C32H32Cl2N2O4. The normalized spacial score (nSPS) is 11.2. The molecule has 3 aromatic carbocycles. The molecule has 0 aliphatic rings. The first kappa shape index (κ1) is 29.4. The van der Waals surface area contributed by atoms with E-state index in [9.17, 15) is 14.4 Å². The highest BCUT2D eigenvalue weighted by molar-refractivity contribution is 6.35. The van der Waals surface area contributed by atoms with Crippen molar-refractivity contribution in [2.75, 3.05) is 13.1 Å². The summed E-state index contributed by atoms with van der Waals surface area (Å²) in [4.78, 5) is 43.9. The van der Waals surface area contributed by atoms with Crippen molar-refractivity contribution < 1.29 is 14.0 Å². The molecule has 208 valence electrons. The molecule has 40 heavy (non-hydrogen) atoms. The molecule has 0 unspecified atom stereocenters. The van der Waals surface area contributed by atoms with Gasteiger partial charge in [0.1, 0.15) is 12.1 Å². The lowest BCUT2D eigenvalue weighted by Gasteiger charge is -2.28. The molecule has 0 aliphatic carbocycles. The van der Waals surface area contributed by atoms with Gasteiger partial charge in [-0.25, -0.2) is 0 Å². The average Bonchev–Trinajstić information content (AvgIpc) is 2.91. The van der Waals surface area contributed by atoms with Crippen molar-refractivity contribution in [3.8, 4) is 0 Å². The summed E-state index contributed by atoms with van der Waals surface area (Å²) in [6.07, 6.45) is 2.13. The summed E-state index contributed by atoms with van der Waals surface area (Å²) in [6, 6.07) is 19.6. The maximum absolute atomic E-state index is 13.9. The molecule has 0 bridgehead atoms. The molecule has 0 radical (unpaired) electrons. The fourth-order valence-corrected chi connectivity index (χ4v) is 4.95. The highest BCUT2D eigenvalue weighted by Crippen LogP contribution is 2.21. The Morgan fingerprint density at radius 2 is 1.60 bits per heavy atom. The molecule has 0 N–H and O–H groups in total. The van der Waals surface area contributed by atoms with Crippen LogP contribution in [0.25, 0.3) is 11.0 Å². The Hall–Kier alpha value is -3.61. The third kappa shape index (κ3) is 7.52. The molecule has 0 fully saturated rings. The van der Waals surface area contributed by atoms with Gasteiger partial charge in [-0.15, -0.1) is 0 Å². The van der Waals surface area contributed by atoms with Crippen LogP contribution in [0.5, 0.6) is 0 Å². The Balaban J connectivity index is 1.65. The topological polar surface area (TPSA) is 70.8 Å². The second-order valence-corrected chi connectivity index (χ2v) is 11.3. The summed E-state index contributed by atoms with van der Waals surface area (Å²) < 4.78 is 5.75. The number of hydrogen-bond donors (Lipinski definition) is 0. The van der Waals surface area contributed by atoms with Crippen LogP contribution in [0.4, 0.5) is 0 Å². The number of amides is 2.